The van der Waals surface area contributed by atoms with Crippen molar-refractivity contribution in [2.45, 2.75) is 47.1 Å². The van der Waals surface area contributed by atoms with Gasteiger partial charge in [-0.25, -0.2) is 0 Å². The number of nitrogens with zero attached hydrogens (tertiary/aromatic N) is 2. The van der Waals surface area contributed by atoms with Crippen LogP contribution in [0.1, 0.15) is 37.7 Å². The molecule has 0 aromatic carbocycles. The van der Waals surface area contributed by atoms with E-state index in [4.69, 9.17) is 0 Å². The second-order valence-corrected chi connectivity index (χ2v) is 5.01. The van der Waals surface area contributed by atoms with Crippen molar-refractivity contribution in [1.29, 1.82) is 0 Å². The fraction of sp³-hybridized carbons (Fsp3) is 0.769. The van der Waals surface area contributed by atoms with Crippen molar-refractivity contribution in [3.8, 4) is 0 Å². The molecule has 1 heterocycles. The number of rotatable bonds is 5. The fourth-order valence-electron chi connectivity index (χ4n) is 1.84. The highest BCUT2D eigenvalue weighted by Crippen LogP contribution is 2.12. The van der Waals surface area contributed by atoms with Crippen LogP contribution in [0.5, 0.6) is 0 Å². The molecule has 0 aliphatic rings. The lowest BCUT2D eigenvalue weighted by Gasteiger charge is -2.17. The van der Waals surface area contributed by atoms with Crippen LogP contribution in [0.3, 0.4) is 0 Å². The van der Waals surface area contributed by atoms with Crippen molar-refractivity contribution < 1.29 is 0 Å². The van der Waals surface area contributed by atoms with Crippen LogP contribution in [0.25, 0.3) is 0 Å². The first kappa shape index (κ1) is 13.2. The van der Waals surface area contributed by atoms with E-state index in [1.165, 1.54) is 17.0 Å². The summed E-state index contributed by atoms with van der Waals surface area (Å²) in [6.07, 6.45) is 1.07. The first-order valence-electron chi connectivity index (χ1n) is 6.16. The number of nitrogens with one attached hydrogen (secondary N) is 1. The third-order valence-electron chi connectivity index (χ3n) is 3.50. The molecule has 1 unspecified atom stereocenters. The molecule has 1 aromatic heterocycles. The van der Waals surface area contributed by atoms with Crippen LogP contribution in [0.15, 0.2) is 0 Å². The van der Waals surface area contributed by atoms with Crippen molar-refractivity contribution in [3.63, 3.8) is 0 Å². The minimum absolute atomic E-state index is 0.581. The zero-order valence-corrected chi connectivity index (χ0v) is 11.5. The monoisotopic (exact) mass is 223 g/mol. The van der Waals surface area contributed by atoms with Gasteiger partial charge in [-0.2, -0.15) is 5.10 Å². The minimum Gasteiger partial charge on any atom is -0.314 e. The lowest BCUT2D eigenvalue weighted by atomic mass is 10.1. The molecule has 0 fully saturated rings. The van der Waals surface area contributed by atoms with Crippen LogP contribution in [0.4, 0.5) is 0 Å². The van der Waals surface area contributed by atoms with Crippen molar-refractivity contribution in [3.05, 3.63) is 17.0 Å². The number of aryl methyl sites for hydroxylation is 2. The summed E-state index contributed by atoms with van der Waals surface area (Å²) in [5.74, 6) is 0.691. The van der Waals surface area contributed by atoms with E-state index in [-0.39, 0.29) is 0 Å². The van der Waals surface area contributed by atoms with Gasteiger partial charge < -0.3 is 5.32 Å². The molecule has 0 saturated heterocycles. The molecule has 0 aliphatic heterocycles. The van der Waals surface area contributed by atoms with Gasteiger partial charge in [0, 0.05) is 18.8 Å². The normalized spacial score (nSPS) is 13.4. The second kappa shape index (κ2) is 5.48. The molecule has 0 aliphatic carbocycles. The summed E-state index contributed by atoms with van der Waals surface area (Å²) < 4.78 is 1.97. The zero-order chi connectivity index (χ0) is 12.3. The predicted octanol–water partition coefficient (Wildman–Crippen LogP) is 2.21. The van der Waals surface area contributed by atoms with Gasteiger partial charge in [0.2, 0.25) is 0 Å². The van der Waals surface area contributed by atoms with Gasteiger partial charge in [-0.05, 0) is 45.2 Å². The highest BCUT2D eigenvalue weighted by atomic mass is 15.3. The van der Waals surface area contributed by atoms with E-state index in [2.05, 4.69) is 45.0 Å². The highest BCUT2D eigenvalue weighted by Gasteiger charge is 2.10. The molecular weight excluding hydrogens is 198 g/mol. The van der Waals surface area contributed by atoms with Crippen LogP contribution in [0.2, 0.25) is 0 Å². The quantitative estimate of drug-likeness (QED) is 0.829. The molecule has 0 amide bonds. The number of hydrogen-bond acceptors (Lipinski definition) is 2. The van der Waals surface area contributed by atoms with Crippen molar-refractivity contribution in [2.75, 3.05) is 6.54 Å². The number of aromatic nitrogens is 2. The molecule has 1 aromatic rings. The lowest BCUT2D eigenvalue weighted by Crippen LogP contribution is -2.32. The van der Waals surface area contributed by atoms with Gasteiger partial charge >= 0.3 is 0 Å². The molecule has 1 atom stereocenters. The first-order chi connectivity index (χ1) is 7.43. The van der Waals surface area contributed by atoms with Gasteiger partial charge in [0.1, 0.15) is 0 Å². The van der Waals surface area contributed by atoms with Crippen molar-refractivity contribution >= 4 is 0 Å². The summed E-state index contributed by atoms with van der Waals surface area (Å²) in [5.41, 5.74) is 3.85. The van der Waals surface area contributed by atoms with Gasteiger partial charge in [0.15, 0.2) is 0 Å². The minimum atomic E-state index is 0.581. The molecule has 3 nitrogen and oxygen atoms in total. The Bertz CT molecular complexity index is 339. The Hall–Kier alpha value is -0.830. The molecule has 92 valence electrons. The van der Waals surface area contributed by atoms with E-state index in [9.17, 15) is 0 Å². The van der Waals surface area contributed by atoms with Gasteiger partial charge in [-0.1, -0.05) is 13.8 Å². The number of hydrogen-bond donors (Lipinski definition) is 1. The van der Waals surface area contributed by atoms with Crippen LogP contribution in [-0.2, 0) is 13.5 Å². The summed E-state index contributed by atoms with van der Waals surface area (Å²) in [7, 11) is 2.01. The third kappa shape index (κ3) is 3.08. The topological polar surface area (TPSA) is 29.9 Å². The molecule has 16 heavy (non-hydrogen) atoms. The average molecular weight is 223 g/mol. The van der Waals surface area contributed by atoms with Gasteiger partial charge in [0.25, 0.3) is 0 Å². The van der Waals surface area contributed by atoms with Crippen LogP contribution in [-0.4, -0.2) is 22.4 Å². The smallest absolute Gasteiger partial charge is 0.0628 e. The summed E-state index contributed by atoms with van der Waals surface area (Å²) >= 11 is 0. The Morgan fingerprint density at radius 2 is 1.88 bits per heavy atom. The second-order valence-electron chi connectivity index (χ2n) is 5.01. The summed E-state index contributed by atoms with van der Waals surface area (Å²) in [4.78, 5) is 0. The average Bonchev–Trinajstić information content (AvgIpc) is 2.44. The SMILES string of the molecule is Cc1nn(C)c(C)c1CCNC(C)C(C)C. The maximum atomic E-state index is 4.43. The Morgan fingerprint density at radius 1 is 1.25 bits per heavy atom. The maximum Gasteiger partial charge on any atom is 0.0628 e. The molecule has 0 radical (unpaired) electrons. The highest BCUT2D eigenvalue weighted by molar-refractivity contribution is 5.24. The van der Waals surface area contributed by atoms with E-state index in [0.717, 1.165) is 13.0 Å². The van der Waals surface area contributed by atoms with Crippen LogP contribution >= 0.6 is 0 Å². The Morgan fingerprint density at radius 3 is 2.31 bits per heavy atom. The molecule has 0 saturated carbocycles. The van der Waals surface area contributed by atoms with Gasteiger partial charge in [-0.3, -0.25) is 4.68 Å². The molecule has 0 spiro atoms. The Labute approximate surface area is 99.2 Å². The Balaban J connectivity index is 2.49. The van der Waals surface area contributed by atoms with Crippen LogP contribution in [0, 0.1) is 19.8 Å². The van der Waals surface area contributed by atoms with Crippen molar-refractivity contribution in [2.24, 2.45) is 13.0 Å². The van der Waals surface area contributed by atoms with E-state index in [1.54, 1.807) is 0 Å². The molecular formula is C13H25N3. The van der Waals surface area contributed by atoms with E-state index >= 15 is 0 Å². The molecule has 0 bridgehead atoms. The van der Waals surface area contributed by atoms with Gasteiger partial charge in [0.05, 0.1) is 5.69 Å². The van der Waals surface area contributed by atoms with Crippen molar-refractivity contribution in [1.82, 2.24) is 15.1 Å². The summed E-state index contributed by atoms with van der Waals surface area (Å²) in [6.45, 7) is 12.0. The summed E-state index contributed by atoms with van der Waals surface area (Å²) in [6, 6.07) is 0.581. The van der Waals surface area contributed by atoms with E-state index in [1.807, 2.05) is 11.7 Å². The molecule has 3 heteroatoms. The first-order valence-corrected chi connectivity index (χ1v) is 6.16. The molecule has 1 N–H and O–H groups in total. The Kier molecular flexibility index (Phi) is 4.54. The van der Waals surface area contributed by atoms with Crippen LogP contribution < -0.4 is 5.32 Å². The van der Waals surface area contributed by atoms with E-state index in [0.29, 0.717) is 12.0 Å². The third-order valence-corrected chi connectivity index (χ3v) is 3.50. The standard InChI is InChI=1S/C13H25N3/c1-9(2)10(3)14-8-7-13-11(4)15-16(6)12(13)5/h9-10,14H,7-8H2,1-6H3. The molecule has 1 rings (SSSR count). The largest absolute Gasteiger partial charge is 0.314 e. The predicted molar refractivity (Wildman–Crippen MR) is 68.7 cm³/mol. The lowest BCUT2D eigenvalue weighted by molar-refractivity contribution is 0.430. The fourth-order valence-corrected chi connectivity index (χ4v) is 1.84. The maximum absolute atomic E-state index is 4.43. The summed E-state index contributed by atoms with van der Waals surface area (Å²) in [5, 5.41) is 7.99. The van der Waals surface area contributed by atoms with Gasteiger partial charge in [-0.15, -0.1) is 0 Å². The van der Waals surface area contributed by atoms with E-state index < -0.39 is 0 Å². The zero-order valence-electron chi connectivity index (χ0n) is 11.5.